The molecule has 1 aliphatic carbocycles. The van der Waals surface area contributed by atoms with Crippen molar-refractivity contribution in [1.82, 2.24) is 0 Å². The molecule has 9 rings (SSSR count). The summed E-state index contributed by atoms with van der Waals surface area (Å²) in [6.45, 7) is 10.3. The first-order valence-electron chi connectivity index (χ1n) is 25.9. The largest absolute Gasteiger partial charge is 0.497 e. The maximum atomic E-state index is 14.7. The highest BCUT2D eigenvalue weighted by Gasteiger charge is 2.22. The fourth-order valence-electron chi connectivity index (χ4n) is 9.70. The van der Waals surface area contributed by atoms with Crippen molar-refractivity contribution in [2.75, 3.05) is 7.11 Å². The quantitative estimate of drug-likeness (QED) is 0.0565. The van der Waals surface area contributed by atoms with Crippen LogP contribution in [0.1, 0.15) is 100 Å². The number of allylic oxidation sites excluding steroid dienone is 1. The van der Waals surface area contributed by atoms with Crippen LogP contribution in [0, 0.1) is 35.0 Å². The Labute approximate surface area is 430 Å². The first-order valence-corrected chi connectivity index (χ1v) is 25.9. The van der Waals surface area contributed by atoms with Crippen LogP contribution in [0.15, 0.2) is 183 Å². The van der Waals surface area contributed by atoms with Gasteiger partial charge in [0.1, 0.15) is 17.4 Å². The molecule has 0 heterocycles. The summed E-state index contributed by atoms with van der Waals surface area (Å²) in [4.78, 5) is 0. The number of benzene rings is 8. The van der Waals surface area contributed by atoms with Gasteiger partial charge in [0.15, 0.2) is 17.5 Å². The van der Waals surface area contributed by atoms with E-state index in [2.05, 4.69) is 112 Å². The van der Waals surface area contributed by atoms with Crippen molar-refractivity contribution in [2.45, 2.75) is 97.3 Å². The summed E-state index contributed by atoms with van der Waals surface area (Å²) in [5, 5.41) is 0. The zero-order valence-corrected chi connectivity index (χ0v) is 42.7. The molecule has 0 bridgehead atoms. The summed E-state index contributed by atoms with van der Waals surface area (Å²) in [6, 6.07) is 52.8. The minimum atomic E-state index is -1.57. The van der Waals surface area contributed by atoms with Gasteiger partial charge in [-0.15, -0.1) is 6.58 Å². The Morgan fingerprint density at radius 1 is 0.452 bits per heavy atom. The fourth-order valence-corrected chi connectivity index (χ4v) is 9.70. The molecule has 1 aliphatic rings. The van der Waals surface area contributed by atoms with Crippen LogP contribution in [0.4, 0.5) is 22.0 Å². The molecule has 0 amide bonds. The highest BCUT2D eigenvalue weighted by molar-refractivity contribution is 5.74. The molecule has 376 valence electrons. The van der Waals surface area contributed by atoms with Crippen LogP contribution in [0.5, 0.6) is 5.75 Å². The van der Waals surface area contributed by atoms with Crippen molar-refractivity contribution in [1.29, 1.82) is 0 Å². The SMILES string of the molecule is C=CCCc1ccc(-c2ccc(-c3ccc(CC)cc3)c(F)c2)cc1.CCCC1CCC(c2ccc(OC)cc2)CC1.CCCc1ccc(-c2ccc(-c3ccc(-c4cc(F)c(F)c(F)c4)c(F)c3)cc2)cc1. The molecule has 6 heteroatoms. The Bertz CT molecular complexity index is 2960. The Balaban J connectivity index is 0.000000167. The molecule has 0 atom stereocenters. The summed E-state index contributed by atoms with van der Waals surface area (Å²) in [6.07, 6.45) is 15.4. The number of aryl methyl sites for hydroxylation is 3. The monoisotopic (exact) mass is 983 g/mol. The van der Waals surface area contributed by atoms with Gasteiger partial charge in [0.2, 0.25) is 0 Å². The maximum Gasteiger partial charge on any atom is 0.194 e. The predicted octanol–water partition coefficient (Wildman–Crippen LogP) is 19.8. The minimum Gasteiger partial charge on any atom is -0.497 e. The maximum absolute atomic E-state index is 14.7. The van der Waals surface area contributed by atoms with Gasteiger partial charge in [0.25, 0.3) is 0 Å². The third kappa shape index (κ3) is 14.6. The van der Waals surface area contributed by atoms with Crippen LogP contribution in [-0.2, 0) is 19.3 Å². The summed E-state index contributed by atoms with van der Waals surface area (Å²) in [5.74, 6) is -2.35. The Morgan fingerprint density at radius 3 is 1.33 bits per heavy atom. The molecular weight excluding hydrogens is 916 g/mol. The van der Waals surface area contributed by atoms with Gasteiger partial charge < -0.3 is 4.74 Å². The number of methoxy groups -OCH3 is 1. The highest BCUT2D eigenvalue weighted by atomic mass is 19.2. The molecule has 0 spiro atoms. The van der Waals surface area contributed by atoms with Gasteiger partial charge >= 0.3 is 0 Å². The topological polar surface area (TPSA) is 9.23 Å². The molecule has 8 aromatic carbocycles. The molecule has 1 fully saturated rings. The lowest BCUT2D eigenvalue weighted by molar-refractivity contribution is 0.308. The minimum absolute atomic E-state index is 0.00494. The summed E-state index contributed by atoms with van der Waals surface area (Å²) in [7, 11) is 1.73. The first kappa shape index (κ1) is 53.7. The van der Waals surface area contributed by atoms with Crippen LogP contribution < -0.4 is 4.74 Å². The van der Waals surface area contributed by atoms with Gasteiger partial charge in [-0.1, -0.05) is 180 Å². The van der Waals surface area contributed by atoms with E-state index >= 15 is 0 Å². The molecule has 0 aromatic heterocycles. The summed E-state index contributed by atoms with van der Waals surface area (Å²) in [5.41, 5.74) is 12.4. The van der Waals surface area contributed by atoms with Gasteiger partial charge in [-0.25, -0.2) is 22.0 Å². The van der Waals surface area contributed by atoms with Gasteiger partial charge in [-0.3, -0.25) is 0 Å². The van der Waals surface area contributed by atoms with E-state index < -0.39 is 23.3 Å². The van der Waals surface area contributed by atoms with E-state index in [0.29, 0.717) is 11.1 Å². The smallest absolute Gasteiger partial charge is 0.194 e. The molecule has 0 aliphatic heterocycles. The zero-order chi connectivity index (χ0) is 51.7. The summed E-state index contributed by atoms with van der Waals surface area (Å²) < 4.78 is 74.7. The third-order valence-corrected chi connectivity index (χ3v) is 14.0. The molecule has 0 unspecified atom stereocenters. The predicted molar refractivity (Wildman–Crippen MR) is 294 cm³/mol. The molecule has 1 saturated carbocycles. The number of hydrogen-bond donors (Lipinski definition) is 0. The highest BCUT2D eigenvalue weighted by Crippen LogP contribution is 2.38. The van der Waals surface area contributed by atoms with E-state index in [4.69, 9.17) is 4.74 Å². The van der Waals surface area contributed by atoms with Crippen LogP contribution in [0.25, 0.3) is 55.6 Å². The molecule has 0 radical (unpaired) electrons. The van der Waals surface area contributed by atoms with Crippen LogP contribution in [-0.4, -0.2) is 7.11 Å². The third-order valence-electron chi connectivity index (χ3n) is 14.0. The van der Waals surface area contributed by atoms with Gasteiger partial charge in [0, 0.05) is 11.1 Å². The lowest BCUT2D eigenvalue weighted by Gasteiger charge is -2.28. The molecular formula is C67H67F5O. The average Bonchev–Trinajstić information content (AvgIpc) is 3.43. The number of rotatable bonds is 15. The lowest BCUT2D eigenvalue weighted by Crippen LogP contribution is -2.13. The van der Waals surface area contributed by atoms with Crippen molar-refractivity contribution < 1.29 is 26.7 Å². The molecule has 1 nitrogen and oxygen atoms in total. The second-order valence-electron chi connectivity index (χ2n) is 19.0. The normalized spacial score (nSPS) is 14.0. The van der Waals surface area contributed by atoms with Crippen molar-refractivity contribution in [2.24, 2.45) is 5.92 Å². The van der Waals surface area contributed by atoms with Crippen LogP contribution in [0.3, 0.4) is 0 Å². The van der Waals surface area contributed by atoms with Gasteiger partial charge in [-0.2, -0.15) is 0 Å². The van der Waals surface area contributed by atoms with E-state index in [1.165, 1.54) is 72.9 Å². The first-order chi connectivity index (χ1) is 35.5. The molecule has 0 N–H and O–H groups in total. The Kier molecular flexibility index (Phi) is 19.6. The molecule has 73 heavy (non-hydrogen) atoms. The van der Waals surface area contributed by atoms with Gasteiger partial charge in [-0.05, 0) is 166 Å². The summed E-state index contributed by atoms with van der Waals surface area (Å²) >= 11 is 0. The average molecular weight is 983 g/mol. The molecule has 0 saturated heterocycles. The lowest BCUT2D eigenvalue weighted by atomic mass is 9.77. The van der Waals surface area contributed by atoms with E-state index in [9.17, 15) is 22.0 Å². The number of halogens is 5. The van der Waals surface area contributed by atoms with Crippen molar-refractivity contribution in [3.63, 3.8) is 0 Å². The standard InChI is InChI=1S/C27H20F4.C24H23F.C16H24O/c1-2-3-17-4-6-18(7-5-17)19-8-10-20(11-9-19)21-12-13-23(24(28)14-21)22-15-25(29)27(31)26(30)16-22;1-3-5-6-19-9-11-20(12-10-19)22-15-16-23(24(25)17-22)21-13-7-18(4-2)8-14-21;1-3-4-13-5-7-14(8-6-13)15-9-11-16(17-2)12-10-15/h4-16H,2-3H2,1H3;3,7-17H,1,4-6H2,2H3;9-14H,3-8H2,1-2H3. The van der Waals surface area contributed by atoms with E-state index in [1.807, 2.05) is 54.6 Å². The van der Waals surface area contributed by atoms with E-state index in [0.717, 1.165) is 95.2 Å². The van der Waals surface area contributed by atoms with Crippen molar-refractivity contribution in [3.8, 4) is 61.4 Å². The zero-order valence-electron chi connectivity index (χ0n) is 42.7. The van der Waals surface area contributed by atoms with E-state index in [1.54, 1.807) is 19.2 Å². The van der Waals surface area contributed by atoms with Crippen molar-refractivity contribution >= 4 is 0 Å². The van der Waals surface area contributed by atoms with Crippen LogP contribution >= 0.6 is 0 Å². The molecule has 8 aromatic rings. The number of ether oxygens (including phenoxy) is 1. The van der Waals surface area contributed by atoms with Gasteiger partial charge in [0.05, 0.1) is 7.11 Å². The second kappa shape index (κ2) is 26.6. The Hall–Kier alpha value is -7.05. The van der Waals surface area contributed by atoms with Crippen molar-refractivity contribution in [3.05, 3.63) is 234 Å². The van der Waals surface area contributed by atoms with E-state index in [-0.39, 0.29) is 16.9 Å². The Morgan fingerprint density at radius 2 is 0.877 bits per heavy atom. The second-order valence-corrected chi connectivity index (χ2v) is 19.0. The number of hydrogen-bond acceptors (Lipinski definition) is 1. The fraction of sp³-hybridized carbons (Fsp3) is 0.254. The van der Waals surface area contributed by atoms with Crippen LogP contribution in [0.2, 0.25) is 0 Å².